The molecule has 4 nitrogen and oxygen atoms in total. The summed E-state index contributed by atoms with van der Waals surface area (Å²) in [4.78, 5) is 10.6. The predicted molar refractivity (Wildman–Crippen MR) is 64.1 cm³/mol. The lowest BCUT2D eigenvalue weighted by molar-refractivity contribution is 0.249. The van der Waals surface area contributed by atoms with Gasteiger partial charge in [0.05, 0.1) is 0 Å². The maximum absolute atomic E-state index is 10.6. The normalized spacial score (nSPS) is 29.5. The molecule has 0 radical (unpaired) electrons. The Morgan fingerprint density at radius 2 is 1.94 bits per heavy atom. The summed E-state index contributed by atoms with van der Waals surface area (Å²) in [6, 6.07) is -0.554. The highest BCUT2D eigenvalue weighted by molar-refractivity contribution is 5.89. The Kier molecular flexibility index (Phi) is 3.80. The molecule has 16 heavy (non-hydrogen) atoms. The van der Waals surface area contributed by atoms with Crippen LogP contribution in [-0.2, 0) is 0 Å². The van der Waals surface area contributed by atoms with Crippen LogP contribution in [0.1, 0.15) is 51.4 Å². The van der Waals surface area contributed by atoms with Crippen molar-refractivity contribution in [3.05, 3.63) is 0 Å². The molecule has 2 rings (SSSR count). The number of nitrogens with one attached hydrogen (secondary N) is 1. The average molecular weight is 223 g/mol. The van der Waals surface area contributed by atoms with Crippen molar-refractivity contribution in [1.82, 2.24) is 5.43 Å². The van der Waals surface area contributed by atoms with Gasteiger partial charge in [0, 0.05) is 11.6 Å². The van der Waals surface area contributed by atoms with Crippen molar-refractivity contribution in [2.75, 3.05) is 0 Å². The fourth-order valence-corrected chi connectivity index (χ4v) is 3.17. The van der Waals surface area contributed by atoms with Crippen LogP contribution < -0.4 is 11.2 Å². The first-order valence-electron chi connectivity index (χ1n) is 6.39. The third-order valence-corrected chi connectivity index (χ3v) is 3.90. The van der Waals surface area contributed by atoms with Crippen LogP contribution in [0, 0.1) is 11.8 Å². The van der Waals surface area contributed by atoms with Gasteiger partial charge in [-0.2, -0.15) is 5.10 Å². The SMILES string of the molecule is NC(=O)NN=C1CCCC1C1CCCCC1. The number of hydrogen-bond donors (Lipinski definition) is 2. The molecule has 0 aromatic rings. The minimum Gasteiger partial charge on any atom is -0.350 e. The Labute approximate surface area is 96.7 Å². The molecule has 2 aliphatic rings. The highest BCUT2D eigenvalue weighted by atomic mass is 16.2. The van der Waals surface area contributed by atoms with Crippen LogP contribution in [0.2, 0.25) is 0 Å². The summed E-state index contributed by atoms with van der Waals surface area (Å²) in [7, 11) is 0. The third-order valence-electron chi connectivity index (χ3n) is 3.90. The van der Waals surface area contributed by atoms with E-state index < -0.39 is 6.03 Å². The molecule has 0 spiro atoms. The molecular weight excluding hydrogens is 202 g/mol. The van der Waals surface area contributed by atoms with E-state index in [1.807, 2.05) is 0 Å². The second-order valence-electron chi connectivity index (χ2n) is 4.98. The van der Waals surface area contributed by atoms with Crippen LogP contribution in [0.15, 0.2) is 5.10 Å². The van der Waals surface area contributed by atoms with Crippen LogP contribution in [0.4, 0.5) is 4.79 Å². The summed E-state index contributed by atoms with van der Waals surface area (Å²) < 4.78 is 0. The zero-order chi connectivity index (χ0) is 11.4. The molecule has 0 heterocycles. The molecule has 0 aromatic carbocycles. The Morgan fingerprint density at radius 3 is 2.62 bits per heavy atom. The maximum Gasteiger partial charge on any atom is 0.332 e. The summed E-state index contributed by atoms with van der Waals surface area (Å²) in [6.07, 6.45) is 10.2. The number of urea groups is 1. The monoisotopic (exact) mass is 223 g/mol. The lowest BCUT2D eigenvalue weighted by Crippen LogP contribution is -2.28. The molecule has 3 N–H and O–H groups in total. The molecular formula is C12H21N3O. The van der Waals surface area contributed by atoms with Crippen molar-refractivity contribution in [1.29, 1.82) is 0 Å². The van der Waals surface area contributed by atoms with Crippen LogP contribution in [0.25, 0.3) is 0 Å². The Hall–Kier alpha value is -1.06. The zero-order valence-corrected chi connectivity index (χ0v) is 9.74. The highest BCUT2D eigenvalue weighted by Gasteiger charge is 2.31. The number of nitrogens with two attached hydrogens (primary N) is 1. The van der Waals surface area contributed by atoms with E-state index in [1.165, 1.54) is 50.7 Å². The molecule has 4 heteroatoms. The summed E-state index contributed by atoms with van der Waals surface area (Å²) in [6.45, 7) is 0. The second kappa shape index (κ2) is 5.32. The lowest BCUT2D eigenvalue weighted by atomic mass is 9.78. The van der Waals surface area contributed by atoms with Gasteiger partial charge in [0.1, 0.15) is 0 Å². The van der Waals surface area contributed by atoms with E-state index in [4.69, 9.17) is 5.73 Å². The Morgan fingerprint density at radius 1 is 1.19 bits per heavy atom. The van der Waals surface area contributed by atoms with Gasteiger partial charge in [0.25, 0.3) is 0 Å². The fraction of sp³-hybridized carbons (Fsp3) is 0.833. The van der Waals surface area contributed by atoms with Gasteiger partial charge >= 0.3 is 6.03 Å². The molecule has 0 bridgehead atoms. The van der Waals surface area contributed by atoms with Crippen molar-refractivity contribution < 1.29 is 4.79 Å². The van der Waals surface area contributed by atoms with Gasteiger partial charge in [-0.1, -0.05) is 19.3 Å². The number of carbonyl (C=O) groups is 1. The molecule has 1 atom stereocenters. The van der Waals surface area contributed by atoms with E-state index in [-0.39, 0.29) is 0 Å². The average Bonchev–Trinajstić information content (AvgIpc) is 2.75. The molecule has 2 saturated carbocycles. The minimum atomic E-state index is -0.554. The maximum atomic E-state index is 10.6. The smallest absolute Gasteiger partial charge is 0.332 e. The molecule has 2 aliphatic carbocycles. The number of nitrogens with zero attached hydrogens (tertiary/aromatic N) is 1. The van der Waals surface area contributed by atoms with Crippen LogP contribution in [-0.4, -0.2) is 11.7 Å². The van der Waals surface area contributed by atoms with Crippen molar-refractivity contribution in [2.24, 2.45) is 22.7 Å². The minimum absolute atomic E-state index is 0.554. The topological polar surface area (TPSA) is 67.5 Å². The van der Waals surface area contributed by atoms with Crippen molar-refractivity contribution in [2.45, 2.75) is 51.4 Å². The first kappa shape index (κ1) is 11.4. The van der Waals surface area contributed by atoms with Gasteiger partial charge in [0.2, 0.25) is 0 Å². The van der Waals surface area contributed by atoms with Crippen molar-refractivity contribution in [3.63, 3.8) is 0 Å². The van der Waals surface area contributed by atoms with Crippen molar-refractivity contribution >= 4 is 11.7 Å². The summed E-state index contributed by atoms with van der Waals surface area (Å²) >= 11 is 0. The number of rotatable bonds is 2. The largest absolute Gasteiger partial charge is 0.350 e. The summed E-state index contributed by atoms with van der Waals surface area (Å²) in [5.41, 5.74) is 8.59. The van der Waals surface area contributed by atoms with Crippen molar-refractivity contribution in [3.8, 4) is 0 Å². The van der Waals surface area contributed by atoms with E-state index in [1.54, 1.807) is 0 Å². The first-order chi connectivity index (χ1) is 7.77. The lowest BCUT2D eigenvalue weighted by Gasteiger charge is -2.27. The molecule has 1 unspecified atom stereocenters. The Bertz CT molecular complexity index is 282. The van der Waals surface area contributed by atoms with E-state index in [0.29, 0.717) is 5.92 Å². The number of amides is 2. The predicted octanol–water partition coefficient (Wildman–Crippen LogP) is 2.39. The zero-order valence-electron chi connectivity index (χ0n) is 9.74. The second-order valence-corrected chi connectivity index (χ2v) is 4.98. The third kappa shape index (κ3) is 2.74. The summed E-state index contributed by atoms with van der Waals surface area (Å²) in [5.74, 6) is 1.40. The molecule has 2 fully saturated rings. The number of hydrogen-bond acceptors (Lipinski definition) is 2. The van der Waals surface area contributed by atoms with Gasteiger partial charge in [-0.3, -0.25) is 0 Å². The fourth-order valence-electron chi connectivity index (χ4n) is 3.17. The quantitative estimate of drug-likeness (QED) is 0.693. The molecule has 90 valence electrons. The molecule has 0 saturated heterocycles. The number of hydrazone groups is 1. The molecule has 2 amide bonds. The highest BCUT2D eigenvalue weighted by Crippen LogP contribution is 2.37. The number of primary amides is 1. The number of carbonyl (C=O) groups excluding carboxylic acids is 1. The standard InChI is InChI=1S/C12H21N3O/c13-12(16)15-14-11-8-4-7-10(11)9-5-2-1-3-6-9/h9-10H,1-8H2,(H3,13,15,16). The van der Waals surface area contributed by atoms with Gasteiger partial charge in [-0.05, 0) is 38.0 Å². The van der Waals surface area contributed by atoms with Gasteiger partial charge in [-0.25, -0.2) is 10.2 Å². The summed E-state index contributed by atoms with van der Waals surface area (Å²) in [5, 5.41) is 4.17. The van der Waals surface area contributed by atoms with Gasteiger partial charge in [-0.15, -0.1) is 0 Å². The van der Waals surface area contributed by atoms with Gasteiger partial charge in [0.15, 0.2) is 0 Å². The van der Waals surface area contributed by atoms with E-state index in [0.717, 1.165) is 12.3 Å². The van der Waals surface area contributed by atoms with E-state index in [9.17, 15) is 4.79 Å². The van der Waals surface area contributed by atoms with Crippen LogP contribution >= 0.6 is 0 Å². The van der Waals surface area contributed by atoms with Gasteiger partial charge < -0.3 is 5.73 Å². The molecule has 0 aliphatic heterocycles. The first-order valence-corrected chi connectivity index (χ1v) is 6.39. The molecule has 0 aromatic heterocycles. The van der Waals surface area contributed by atoms with Crippen LogP contribution in [0.3, 0.4) is 0 Å². The Balaban J connectivity index is 1.96. The van der Waals surface area contributed by atoms with E-state index in [2.05, 4.69) is 10.5 Å². The van der Waals surface area contributed by atoms with Crippen LogP contribution in [0.5, 0.6) is 0 Å². The van der Waals surface area contributed by atoms with E-state index >= 15 is 0 Å².